The summed E-state index contributed by atoms with van der Waals surface area (Å²) in [6, 6.07) is 17.3. The van der Waals surface area contributed by atoms with E-state index in [0.29, 0.717) is 18.0 Å². The number of sulfonamides is 1. The summed E-state index contributed by atoms with van der Waals surface area (Å²) in [7, 11) is -3.77. The summed E-state index contributed by atoms with van der Waals surface area (Å²) in [6.45, 7) is 0.483. The second-order valence-corrected chi connectivity index (χ2v) is 10.3. The topological polar surface area (TPSA) is 66.5 Å². The first-order chi connectivity index (χ1) is 13.9. The van der Waals surface area contributed by atoms with E-state index in [1.165, 1.54) is 4.31 Å². The van der Waals surface area contributed by atoms with Gasteiger partial charge in [-0.25, -0.2) is 8.42 Å². The van der Waals surface area contributed by atoms with Crippen LogP contribution in [0.15, 0.2) is 70.3 Å². The highest BCUT2D eigenvalue weighted by atomic mass is 35.5. The molecule has 0 unspecified atom stereocenters. The van der Waals surface area contributed by atoms with Crippen LogP contribution in [0.1, 0.15) is 16.7 Å². The number of amides is 1. The van der Waals surface area contributed by atoms with Crippen LogP contribution in [0.2, 0.25) is 5.02 Å². The van der Waals surface area contributed by atoms with Gasteiger partial charge in [-0.2, -0.15) is 4.31 Å². The van der Waals surface area contributed by atoms with Crippen LogP contribution in [0.3, 0.4) is 0 Å². The first kappa shape index (κ1) is 20.1. The highest BCUT2D eigenvalue weighted by Gasteiger charge is 2.39. The minimum Gasteiger partial charge on any atom is -0.351 e. The Morgan fingerprint density at radius 1 is 1.07 bits per heavy atom. The Kier molecular flexibility index (Phi) is 5.74. The minimum atomic E-state index is -3.77. The fourth-order valence-corrected chi connectivity index (χ4v) is 6.22. The summed E-state index contributed by atoms with van der Waals surface area (Å²) < 4.78 is 28.0. The number of benzene rings is 2. The lowest BCUT2D eigenvalue weighted by atomic mass is 9.95. The Balaban J connectivity index is 1.61. The molecule has 8 heteroatoms. The normalized spacial score (nSPS) is 16.9. The van der Waals surface area contributed by atoms with E-state index in [9.17, 15) is 13.2 Å². The molecule has 0 fully saturated rings. The van der Waals surface area contributed by atoms with Gasteiger partial charge in [0, 0.05) is 18.1 Å². The zero-order valence-corrected chi connectivity index (χ0v) is 17.8. The van der Waals surface area contributed by atoms with Crippen molar-refractivity contribution in [1.29, 1.82) is 0 Å². The predicted octanol–water partition coefficient (Wildman–Crippen LogP) is 3.83. The minimum absolute atomic E-state index is 0.176. The van der Waals surface area contributed by atoms with Crippen molar-refractivity contribution < 1.29 is 13.2 Å². The van der Waals surface area contributed by atoms with E-state index in [2.05, 4.69) is 5.32 Å². The number of halogens is 1. The number of carbonyl (C=O) groups excluding carboxylic acids is 1. The fourth-order valence-electron chi connectivity index (χ4n) is 3.41. The van der Waals surface area contributed by atoms with E-state index in [1.807, 2.05) is 36.4 Å². The maximum Gasteiger partial charge on any atom is 0.253 e. The van der Waals surface area contributed by atoms with E-state index in [4.69, 9.17) is 11.6 Å². The molecule has 1 aliphatic rings. The molecule has 1 amide bonds. The van der Waals surface area contributed by atoms with Gasteiger partial charge in [-0.3, -0.25) is 4.79 Å². The summed E-state index contributed by atoms with van der Waals surface area (Å²) >= 11 is 7.06. The molecule has 0 spiro atoms. The van der Waals surface area contributed by atoms with E-state index in [0.717, 1.165) is 28.0 Å². The molecule has 1 N–H and O–H groups in total. The molecule has 0 saturated carbocycles. The lowest BCUT2D eigenvalue weighted by Gasteiger charge is -2.34. The zero-order chi connectivity index (χ0) is 20.4. The van der Waals surface area contributed by atoms with Gasteiger partial charge in [-0.1, -0.05) is 54.1 Å². The summed E-state index contributed by atoms with van der Waals surface area (Å²) in [4.78, 5) is 13.0. The molecule has 0 bridgehead atoms. The summed E-state index contributed by atoms with van der Waals surface area (Å²) in [5.74, 6) is -0.311. The van der Waals surface area contributed by atoms with Crippen molar-refractivity contribution in [3.8, 4) is 0 Å². The van der Waals surface area contributed by atoms with Crippen molar-refractivity contribution >= 4 is 38.9 Å². The van der Waals surface area contributed by atoms with Crippen molar-refractivity contribution in [1.82, 2.24) is 9.62 Å². The van der Waals surface area contributed by atoms with Crippen LogP contribution in [0, 0.1) is 0 Å². The number of rotatable bonds is 5. The Labute approximate surface area is 179 Å². The zero-order valence-electron chi connectivity index (χ0n) is 15.4. The third-order valence-electron chi connectivity index (χ3n) is 4.95. The van der Waals surface area contributed by atoms with Crippen molar-refractivity contribution in [2.45, 2.75) is 29.8 Å². The Bertz CT molecular complexity index is 1110. The standard InChI is InChI=1S/C21H19ClN2O3S2/c22-18-9-7-15(8-10-18)13-23-21(25)19-12-16-4-1-2-5-17(16)14-24(19)29(26,27)20-6-3-11-28-20/h1-11,19H,12-14H2,(H,23,25)/t19-/m0/s1. The second-order valence-electron chi connectivity index (χ2n) is 6.82. The highest BCUT2D eigenvalue weighted by molar-refractivity contribution is 7.91. The molecule has 0 radical (unpaired) electrons. The lowest BCUT2D eigenvalue weighted by Crippen LogP contribution is -2.52. The van der Waals surface area contributed by atoms with Crippen LogP contribution in [0.25, 0.3) is 0 Å². The first-order valence-electron chi connectivity index (χ1n) is 9.09. The lowest BCUT2D eigenvalue weighted by molar-refractivity contribution is -0.125. The van der Waals surface area contributed by atoms with Crippen molar-refractivity contribution in [2.24, 2.45) is 0 Å². The summed E-state index contributed by atoms with van der Waals surface area (Å²) in [5, 5.41) is 5.23. The van der Waals surface area contributed by atoms with Crippen LogP contribution < -0.4 is 5.32 Å². The van der Waals surface area contributed by atoms with Gasteiger partial charge in [0.15, 0.2) is 0 Å². The third-order valence-corrected chi connectivity index (χ3v) is 8.43. The number of fused-ring (bicyclic) bond motifs is 1. The average Bonchev–Trinajstić information content (AvgIpc) is 3.28. The average molecular weight is 447 g/mol. The van der Waals surface area contributed by atoms with Gasteiger partial charge in [0.05, 0.1) is 0 Å². The van der Waals surface area contributed by atoms with Crippen molar-refractivity contribution in [2.75, 3.05) is 0 Å². The van der Waals surface area contributed by atoms with Gasteiger partial charge in [0.1, 0.15) is 10.3 Å². The van der Waals surface area contributed by atoms with Crippen LogP contribution >= 0.6 is 22.9 Å². The van der Waals surface area contributed by atoms with Gasteiger partial charge in [0.2, 0.25) is 5.91 Å². The maximum atomic E-state index is 13.2. The molecule has 0 saturated heterocycles. The molecule has 5 nitrogen and oxygen atoms in total. The summed E-state index contributed by atoms with van der Waals surface area (Å²) in [5.41, 5.74) is 2.82. The number of hydrogen-bond donors (Lipinski definition) is 1. The van der Waals surface area contributed by atoms with E-state index < -0.39 is 16.1 Å². The van der Waals surface area contributed by atoms with Crippen LogP contribution in [-0.4, -0.2) is 24.7 Å². The van der Waals surface area contributed by atoms with Crippen LogP contribution in [-0.2, 0) is 34.3 Å². The predicted molar refractivity (Wildman–Crippen MR) is 114 cm³/mol. The Morgan fingerprint density at radius 3 is 2.48 bits per heavy atom. The Hall–Kier alpha value is -2.19. The fraction of sp³-hybridized carbons (Fsp3) is 0.190. The SMILES string of the molecule is O=C(NCc1ccc(Cl)cc1)[C@@H]1Cc2ccccc2CN1S(=O)(=O)c1cccs1. The first-order valence-corrected chi connectivity index (χ1v) is 11.8. The van der Waals surface area contributed by atoms with Gasteiger partial charge >= 0.3 is 0 Å². The third kappa shape index (κ3) is 4.23. The number of nitrogens with zero attached hydrogens (tertiary/aromatic N) is 1. The molecule has 1 aliphatic heterocycles. The quantitative estimate of drug-likeness (QED) is 0.647. The molecule has 150 valence electrons. The molecular weight excluding hydrogens is 428 g/mol. The molecule has 29 heavy (non-hydrogen) atoms. The number of carbonyl (C=O) groups is 1. The van der Waals surface area contributed by atoms with Crippen molar-refractivity contribution in [3.63, 3.8) is 0 Å². The molecule has 2 heterocycles. The van der Waals surface area contributed by atoms with Crippen LogP contribution in [0.4, 0.5) is 0 Å². The molecule has 1 aromatic heterocycles. The number of nitrogens with one attached hydrogen (secondary N) is 1. The van der Waals surface area contributed by atoms with E-state index >= 15 is 0 Å². The molecular formula is C21H19ClN2O3S2. The Morgan fingerprint density at radius 2 is 1.79 bits per heavy atom. The van der Waals surface area contributed by atoms with Gasteiger partial charge < -0.3 is 5.32 Å². The number of thiophene rings is 1. The maximum absolute atomic E-state index is 13.2. The van der Waals surface area contributed by atoms with Gasteiger partial charge in [-0.05, 0) is 46.7 Å². The largest absolute Gasteiger partial charge is 0.351 e. The van der Waals surface area contributed by atoms with Crippen LogP contribution in [0.5, 0.6) is 0 Å². The smallest absolute Gasteiger partial charge is 0.253 e. The van der Waals surface area contributed by atoms with E-state index in [1.54, 1.807) is 29.6 Å². The second kappa shape index (κ2) is 8.28. The van der Waals surface area contributed by atoms with E-state index in [-0.39, 0.29) is 16.7 Å². The molecule has 2 aromatic carbocycles. The summed E-state index contributed by atoms with van der Waals surface area (Å²) in [6.07, 6.45) is 0.341. The number of hydrogen-bond acceptors (Lipinski definition) is 4. The highest BCUT2D eigenvalue weighted by Crippen LogP contribution is 2.31. The molecule has 3 aromatic rings. The molecule has 4 rings (SSSR count). The molecule has 0 aliphatic carbocycles. The van der Waals surface area contributed by atoms with Gasteiger partial charge in [-0.15, -0.1) is 11.3 Å². The molecule has 1 atom stereocenters. The van der Waals surface area contributed by atoms with Crippen molar-refractivity contribution in [3.05, 3.63) is 87.8 Å². The monoisotopic (exact) mass is 446 g/mol. The van der Waals surface area contributed by atoms with Gasteiger partial charge in [0.25, 0.3) is 10.0 Å².